The van der Waals surface area contributed by atoms with Gasteiger partial charge in [-0.25, -0.2) is 4.98 Å². The number of hydrogen-bond donors (Lipinski definition) is 1. The summed E-state index contributed by atoms with van der Waals surface area (Å²) in [5.41, 5.74) is 5.25. The third-order valence-corrected chi connectivity index (χ3v) is 5.65. The lowest BCUT2D eigenvalue weighted by molar-refractivity contribution is 0.307. The maximum absolute atomic E-state index is 9.11. The molecule has 0 spiro atoms. The molecule has 4 aromatic rings. The zero-order valence-electron chi connectivity index (χ0n) is 16.6. The highest BCUT2D eigenvalue weighted by Crippen LogP contribution is 2.33. The van der Waals surface area contributed by atoms with Crippen LogP contribution in [0.4, 0.5) is 0 Å². The minimum absolute atomic E-state index is 0.280. The standard InChI is InChI=1S/C25H22N4O/c26-17-29-13-12-20(15-29)25-27-22-11-10-19(14-23(22)28-25)21-8-4-5-9-24(21)30-16-18-6-2-1-3-7-18/h1-11,14,20H,12-13,15-16H2,(H,27,28). The maximum Gasteiger partial charge on any atom is 0.179 e. The van der Waals surface area contributed by atoms with Gasteiger partial charge in [0.15, 0.2) is 6.19 Å². The van der Waals surface area contributed by atoms with Crippen molar-refractivity contribution in [2.75, 3.05) is 13.1 Å². The second kappa shape index (κ2) is 7.92. The predicted octanol–water partition coefficient (Wildman–Crippen LogP) is 5.08. The molecule has 30 heavy (non-hydrogen) atoms. The van der Waals surface area contributed by atoms with Gasteiger partial charge in [0, 0.05) is 24.6 Å². The Labute approximate surface area is 175 Å². The number of hydrogen-bond acceptors (Lipinski definition) is 4. The van der Waals surface area contributed by atoms with E-state index in [1.54, 1.807) is 4.90 Å². The molecule has 5 heteroatoms. The van der Waals surface area contributed by atoms with Crippen LogP contribution in [0, 0.1) is 11.5 Å². The van der Waals surface area contributed by atoms with Gasteiger partial charge in [0.05, 0.1) is 11.0 Å². The van der Waals surface area contributed by atoms with E-state index in [0.29, 0.717) is 6.61 Å². The smallest absolute Gasteiger partial charge is 0.179 e. The van der Waals surface area contributed by atoms with E-state index in [1.807, 2.05) is 36.4 Å². The van der Waals surface area contributed by atoms with Crippen molar-refractivity contribution < 1.29 is 4.74 Å². The van der Waals surface area contributed by atoms with Gasteiger partial charge in [-0.15, -0.1) is 0 Å². The highest BCUT2D eigenvalue weighted by atomic mass is 16.5. The van der Waals surface area contributed by atoms with E-state index in [2.05, 4.69) is 47.6 Å². The monoisotopic (exact) mass is 394 g/mol. The molecule has 1 aliphatic rings. The Hall–Kier alpha value is -3.78. The summed E-state index contributed by atoms with van der Waals surface area (Å²) in [4.78, 5) is 10.1. The molecule has 2 heterocycles. The van der Waals surface area contributed by atoms with E-state index >= 15 is 0 Å². The predicted molar refractivity (Wildman–Crippen MR) is 117 cm³/mol. The number of imidazole rings is 1. The van der Waals surface area contributed by atoms with E-state index in [1.165, 1.54) is 0 Å². The SMILES string of the molecule is N#CN1CCC(c2nc3ccc(-c4ccccc4OCc4ccccc4)cc3[nH]2)C1. The van der Waals surface area contributed by atoms with Crippen LogP contribution in [-0.4, -0.2) is 28.0 Å². The molecule has 1 aliphatic heterocycles. The molecular weight excluding hydrogens is 372 g/mol. The second-order valence-electron chi connectivity index (χ2n) is 7.66. The van der Waals surface area contributed by atoms with Crippen molar-refractivity contribution in [2.24, 2.45) is 0 Å². The molecular formula is C25H22N4O. The zero-order chi connectivity index (χ0) is 20.3. The van der Waals surface area contributed by atoms with Crippen LogP contribution in [0.3, 0.4) is 0 Å². The highest BCUT2D eigenvalue weighted by molar-refractivity contribution is 5.83. The summed E-state index contributed by atoms with van der Waals surface area (Å²) in [7, 11) is 0. The van der Waals surface area contributed by atoms with Crippen molar-refractivity contribution in [3.05, 3.63) is 84.2 Å². The molecule has 5 nitrogen and oxygen atoms in total. The van der Waals surface area contributed by atoms with E-state index in [9.17, 15) is 0 Å². The summed E-state index contributed by atoms with van der Waals surface area (Å²) >= 11 is 0. The minimum Gasteiger partial charge on any atom is -0.488 e. The molecule has 0 bridgehead atoms. The molecule has 0 saturated carbocycles. The molecule has 1 fully saturated rings. The van der Waals surface area contributed by atoms with Gasteiger partial charge in [-0.05, 0) is 35.7 Å². The van der Waals surface area contributed by atoms with E-state index in [4.69, 9.17) is 15.0 Å². The van der Waals surface area contributed by atoms with Crippen LogP contribution >= 0.6 is 0 Å². The Morgan fingerprint density at radius 1 is 1.07 bits per heavy atom. The van der Waals surface area contributed by atoms with Crippen molar-refractivity contribution in [3.63, 3.8) is 0 Å². The number of ether oxygens (including phenoxy) is 1. The number of rotatable bonds is 5. The van der Waals surface area contributed by atoms with Gasteiger partial charge >= 0.3 is 0 Å². The molecule has 5 rings (SSSR count). The topological polar surface area (TPSA) is 64.9 Å². The van der Waals surface area contributed by atoms with E-state index in [0.717, 1.165) is 58.8 Å². The Morgan fingerprint density at radius 3 is 2.73 bits per heavy atom. The normalized spacial score (nSPS) is 16.0. The lowest BCUT2D eigenvalue weighted by Crippen LogP contribution is -2.13. The maximum atomic E-state index is 9.11. The molecule has 1 N–H and O–H groups in total. The Balaban J connectivity index is 1.42. The summed E-state index contributed by atoms with van der Waals surface area (Å²) in [5.74, 6) is 2.11. The van der Waals surface area contributed by atoms with Gasteiger partial charge in [0.2, 0.25) is 0 Å². The first-order chi connectivity index (χ1) is 14.8. The van der Waals surface area contributed by atoms with E-state index < -0.39 is 0 Å². The average Bonchev–Trinajstić information content (AvgIpc) is 3.45. The van der Waals surface area contributed by atoms with Crippen LogP contribution in [0.5, 0.6) is 5.75 Å². The number of likely N-dealkylation sites (tertiary alicyclic amines) is 1. The first kappa shape index (κ1) is 18.3. The Bertz CT molecular complexity index is 1210. The first-order valence-corrected chi connectivity index (χ1v) is 10.2. The van der Waals surface area contributed by atoms with Gasteiger partial charge in [0.1, 0.15) is 18.2 Å². The van der Waals surface area contributed by atoms with Crippen molar-refractivity contribution in [1.29, 1.82) is 5.26 Å². The molecule has 3 aromatic carbocycles. The summed E-state index contributed by atoms with van der Waals surface area (Å²) in [6, 6.07) is 24.6. The van der Waals surface area contributed by atoms with Gasteiger partial charge in [-0.3, -0.25) is 0 Å². The lowest BCUT2D eigenvalue weighted by Gasteiger charge is -2.12. The fraction of sp³-hybridized carbons (Fsp3) is 0.200. The van der Waals surface area contributed by atoms with Crippen LogP contribution in [0.25, 0.3) is 22.2 Å². The number of fused-ring (bicyclic) bond motifs is 1. The molecule has 0 aliphatic carbocycles. The van der Waals surface area contributed by atoms with Crippen LogP contribution in [-0.2, 0) is 6.61 Å². The van der Waals surface area contributed by atoms with Crippen LogP contribution in [0.15, 0.2) is 72.8 Å². The number of nitrogens with one attached hydrogen (secondary N) is 1. The lowest BCUT2D eigenvalue weighted by atomic mass is 10.0. The fourth-order valence-electron chi connectivity index (χ4n) is 4.03. The average molecular weight is 394 g/mol. The Kier molecular flexibility index (Phi) is 4.82. The van der Waals surface area contributed by atoms with E-state index in [-0.39, 0.29) is 5.92 Å². The number of nitriles is 1. The van der Waals surface area contributed by atoms with Crippen LogP contribution in [0.1, 0.15) is 23.7 Å². The van der Waals surface area contributed by atoms with Crippen molar-refractivity contribution in [3.8, 4) is 23.1 Å². The summed E-state index contributed by atoms with van der Waals surface area (Å²) < 4.78 is 6.14. The number of aromatic amines is 1. The van der Waals surface area contributed by atoms with Crippen molar-refractivity contribution >= 4 is 11.0 Å². The van der Waals surface area contributed by atoms with Crippen LogP contribution < -0.4 is 4.74 Å². The summed E-state index contributed by atoms with van der Waals surface area (Å²) in [5, 5.41) is 9.11. The molecule has 1 saturated heterocycles. The summed E-state index contributed by atoms with van der Waals surface area (Å²) in [6.07, 6.45) is 3.19. The quantitative estimate of drug-likeness (QED) is 0.480. The fourth-order valence-corrected chi connectivity index (χ4v) is 4.03. The molecule has 1 unspecified atom stereocenters. The highest BCUT2D eigenvalue weighted by Gasteiger charge is 2.25. The number of para-hydroxylation sites is 1. The van der Waals surface area contributed by atoms with Gasteiger partial charge in [0.25, 0.3) is 0 Å². The number of H-pyrrole nitrogens is 1. The third-order valence-electron chi connectivity index (χ3n) is 5.65. The number of nitrogens with zero attached hydrogens (tertiary/aromatic N) is 3. The van der Waals surface area contributed by atoms with Gasteiger partial charge in [-0.2, -0.15) is 5.26 Å². The molecule has 0 amide bonds. The largest absolute Gasteiger partial charge is 0.488 e. The molecule has 1 atom stereocenters. The summed E-state index contributed by atoms with van der Waals surface area (Å²) in [6.45, 7) is 2.07. The zero-order valence-corrected chi connectivity index (χ0v) is 16.6. The van der Waals surface area contributed by atoms with Gasteiger partial charge < -0.3 is 14.6 Å². The number of aromatic nitrogens is 2. The first-order valence-electron chi connectivity index (χ1n) is 10.2. The minimum atomic E-state index is 0.280. The second-order valence-corrected chi connectivity index (χ2v) is 7.66. The molecule has 0 radical (unpaired) electrons. The molecule has 148 valence electrons. The Morgan fingerprint density at radius 2 is 1.90 bits per heavy atom. The van der Waals surface area contributed by atoms with Gasteiger partial charge in [-0.1, -0.05) is 54.6 Å². The third kappa shape index (κ3) is 3.60. The molecule has 1 aromatic heterocycles. The number of benzene rings is 3. The van der Waals surface area contributed by atoms with Crippen molar-refractivity contribution in [2.45, 2.75) is 18.9 Å². The van der Waals surface area contributed by atoms with Crippen LogP contribution in [0.2, 0.25) is 0 Å². The van der Waals surface area contributed by atoms with Crippen molar-refractivity contribution in [1.82, 2.24) is 14.9 Å².